The van der Waals surface area contributed by atoms with Crippen LogP contribution in [0.15, 0.2) is 24.3 Å². The molecule has 0 aliphatic carbocycles. The molecule has 0 spiro atoms. The van der Waals surface area contributed by atoms with Gasteiger partial charge in [0.1, 0.15) is 12.4 Å². The largest absolute Gasteiger partial charge is 0.481 e. The summed E-state index contributed by atoms with van der Waals surface area (Å²) in [6.07, 6.45) is 5.80. The molecule has 6 heteroatoms. The number of aliphatic carboxylic acids is 1. The molecule has 1 aromatic rings. The fourth-order valence-electron chi connectivity index (χ4n) is 2.89. The minimum Gasteiger partial charge on any atom is -0.481 e. The quantitative estimate of drug-likeness (QED) is 0.809. The first-order valence-corrected chi connectivity index (χ1v) is 7.91. The van der Waals surface area contributed by atoms with Crippen LogP contribution < -0.4 is 10.1 Å². The van der Waals surface area contributed by atoms with E-state index in [1.54, 1.807) is 11.0 Å². The molecule has 24 heavy (non-hydrogen) atoms. The highest BCUT2D eigenvalue weighted by Gasteiger charge is 2.31. The van der Waals surface area contributed by atoms with E-state index in [0.29, 0.717) is 25.3 Å². The molecule has 2 N–H and O–H groups in total. The minimum atomic E-state index is -0.854. The second-order valence-electron chi connectivity index (χ2n) is 6.04. The Bertz CT molecular complexity index is 638. The molecule has 1 aliphatic rings. The third-order valence-electron chi connectivity index (χ3n) is 4.01. The Morgan fingerprint density at radius 1 is 1.42 bits per heavy atom. The summed E-state index contributed by atoms with van der Waals surface area (Å²) < 4.78 is 5.45. The monoisotopic (exact) mass is 330 g/mol. The lowest BCUT2D eigenvalue weighted by Gasteiger charge is -2.34. The van der Waals surface area contributed by atoms with Gasteiger partial charge < -0.3 is 20.1 Å². The lowest BCUT2D eigenvalue weighted by Crippen LogP contribution is -2.49. The van der Waals surface area contributed by atoms with Crippen molar-refractivity contribution in [2.24, 2.45) is 11.8 Å². The number of carboxylic acid groups (broad SMARTS) is 1. The molecule has 2 amide bonds. The third kappa shape index (κ3) is 4.66. The van der Waals surface area contributed by atoms with Crippen molar-refractivity contribution >= 4 is 12.0 Å². The van der Waals surface area contributed by atoms with E-state index >= 15 is 0 Å². The van der Waals surface area contributed by atoms with Crippen LogP contribution in [0.1, 0.15) is 18.9 Å². The Hall–Kier alpha value is -2.68. The fourth-order valence-corrected chi connectivity index (χ4v) is 2.89. The number of likely N-dealkylation sites (tertiary alicyclic amines) is 1. The zero-order chi connectivity index (χ0) is 17.5. The molecule has 2 rings (SSSR count). The zero-order valence-electron chi connectivity index (χ0n) is 13.7. The van der Waals surface area contributed by atoms with Gasteiger partial charge in [-0.15, -0.1) is 6.42 Å². The number of nitrogens with one attached hydrogen (secondary N) is 1. The standard InChI is InChI=1S/C18H22N2O4/c1-3-8-24-16-7-5-4-6-14(16)10-19-18(23)20-11-13(2)9-15(12-20)17(21)22/h1,4-7,13,15H,8-12H2,2H3,(H,19,23)(H,21,22). The molecule has 2 atom stereocenters. The topological polar surface area (TPSA) is 78.9 Å². The maximum Gasteiger partial charge on any atom is 0.317 e. The van der Waals surface area contributed by atoms with Crippen molar-refractivity contribution in [2.75, 3.05) is 19.7 Å². The number of hydrogen-bond acceptors (Lipinski definition) is 3. The van der Waals surface area contributed by atoms with Crippen LogP contribution in [0.2, 0.25) is 0 Å². The molecule has 1 heterocycles. The van der Waals surface area contributed by atoms with E-state index in [0.717, 1.165) is 5.56 Å². The lowest BCUT2D eigenvalue weighted by molar-refractivity contribution is -0.143. The lowest BCUT2D eigenvalue weighted by atomic mass is 9.91. The van der Waals surface area contributed by atoms with E-state index in [1.165, 1.54) is 0 Å². The summed E-state index contributed by atoms with van der Waals surface area (Å²) in [6, 6.07) is 7.07. The first-order chi connectivity index (χ1) is 11.5. The summed E-state index contributed by atoms with van der Waals surface area (Å²) in [6.45, 7) is 3.21. The van der Waals surface area contributed by atoms with Crippen LogP contribution in [0, 0.1) is 24.2 Å². The maximum atomic E-state index is 12.4. The summed E-state index contributed by atoms with van der Waals surface area (Å²) in [5.74, 6) is 1.84. The van der Waals surface area contributed by atoms with Gasteiger partial charge in [0, 0.05) is 25.2 Å². The number of urea groups is 1. The number of hydrogen-bond donors (Lipinski definition) is 2. The number of para-hydroxylation sites is 1. The van der Waals surface area contributed by atoms with E-state index in [1.807, 2.05) is 25.1 Å². The number of carbonyl (C=O) groups excluding carboxylic acids is 1. The van der Waals surface area contributed by atoms with E-state index in [4.69, 9.17) is 11.2 Å². The van der Waals surface area contributed by atoms with E-state index in [-0.39, 0.29) is 25.1 Å². The van der Waals surface area contributed by atoms with Crippen molar-refractivity contribution in [3.05, 3.63) is 29.8 Å². The Kier molecular flexibility index (Phi) is 6.07. The molecule has 0 aromatic heterocycles. The van der Waals surface area contributed by atoms with Crippen molar-refractivity contribution in [1.82, 2.24) is 10.2 Å². The second kappa shape index (κ2) is 8.25. The van der Waals surface area contributed by atoms with E-state index in [2.05, 4.69) is 11.2 Å². The van der Waals surface area contributed by atoms with Crippen LogP contribution in [0.5, 0.6) is 5.75 Å². The van der Waals surface area contributed by atoms with Gasteiger partial charge in [0.2, 0.25) is 0 Å². The van der Waals surface area contributed by atoms with Crippen LogP contribution in [-0.4, -0.2) is 41.7 Å². The number of amides is 2. The number of rotatable bonds is 5. The Balaban J connectivity index is 1.95. The highest BCUT2D eigenvalue weighted by Crippen LogP contribution is 2.22. The third-order valence-corrected chi connectivity index (χ3v) is 4.01. The number of carboxylic acids is 1. The second-order valence-corrected chi connectivity index (χ2v) is 6.04. The van der Waals surface area contributed by atoms with Gasteiger partial charge in [0.05, 0.1) is 5.92 Å². The predicted molar refractivity (Wildman–Crippen MR) is 89.5 cm³/mol. The van der Waals surface area contributed by atoms with Crippen molar-refractivity contribution in [3.63, 3.8) is 0 Å². The molecule has 1 aromatic carbocycles. The number of carbonyl (C=O) groups is 2. The van der Waals surface area contributed by atoms with Crippen LogP contribution in [0.25, 0.3) is 0 Å². The molecule has 6 nitrogen and oxygen atoms in total. The molecule has 1 saturated heterocycles. The smallest absolute Gasteiger partial charge is 0.317 e. The molecule has 128 valence electrons. The van der Waals surface area contributed by atoms with Crippen LogP contribution in [0.4, 0.5) is 4.79 Å². The molecular formula is C18H22N2O4. The molecule has 0 bridgehead atoms. The molecule has 1 fully saturated rings. The highest BCUT2D eigenvalue weighted by atomic mass is 16.5. The number of benzene rings is 1. The van der Waals surface area contributed by atoms with Crippen molar-refractivity contribution in [2.45, 2.75) is 19.9 Å². The minimum absolute atomic E-state index is 0.162. The molecular weight excluding hydrogens is 308 g/mol. The molecule has 1 aliphatic heterocycles. The summed E-state index contributed by atoms with van der Waals surface area (Å²) >= 11 is 0. The van der Waals surface area contributed by atoms with Gasteiger partial charge in [-0.1, -0.05) is 31.0 Å². The summed E-state index contributed by atoms with van der Waals surface area (Å²) in [4.78, 5) is 25.1. The zero-order valence-corrected chi connectivity index (χ0v) is 13.7. The number of ether oxygens (including phenoxy) is 1. The highest BCUT2D eigenvalue weighted by molar-refractivity contribution is 5.76. The van der Waals surface area contributed by atoms with Crippen molar-refractivity contribution in [3.8, 4) is 18.1 Å². The van der Waals surface area contributed by atoms with Gasteiger partial charge in [-0.05, 0) is 18.4 Å². The van der Waals surface area contributed by atoms with Crippen molar-refractivity contribution < 1.29 is 19.4 Å². The van der Waals surface area contributed by atoms with Crippen LogP contribution in [0.3, 0.4) is 0 Å². The molecule has 2 unspecified atom stereocenters. The summed E-state index contributed by atoms with van der Waals surface area (Å²) in [7, 11) is 0. The number of piperidine rings is 1. The average molecular weight is 330 g/mol. The predicted octanol–water partition coefficient (Wildman–Crippen LogP) is 1.95. The van der Waals surface area contributed by atoms with Crippen LogP contribution in [-0.2, 0) is 11.3 Å². The molecule has 0 radical (unpaired) electrons. The first kappa shape index (κ1) is 17.7. The maximum absolute atomic E-state index is 12.4. The van der Waals surface area contributed by atoms with Gasteiger partial charge in [-0.25, -0.2) is 4.79 Å². The Labute approximate surface area is 141 Å². The molecule has 0 saturated carbocycles. The Morgan fingerprint density at radius 3 is 2.88 bits per heavy atom. The normalized spacial score (nSPS) is 20.1. The van der Waals surface area contributed by atoms with Crippen molar-refractivity contribution in [1.29, 1.82) is 0 Å². The van der Waals surface area contributed by atoms with Gasteiger partial charge in [-0.2, -0.15) is 0 Å². The van der Waals surface area contributed by atoms with Gasteiger partial charge in [0.15, 0.2) is 0 Å². The van der Waals surface area contributed by atoms with Gasteiger partial charge in [0.25, 0.3) is 0 Å². The summed E-state index contributed by atoms with van der Waals surface area (Å²) in [5, 5.41) is 12.0. The van der Waals surface area contributed by atoms with E-state index < -0.39 is 11.9 Å². The SMILES string of the molecule is C#CCOc1ccccc1CNC(=O)N1CC(C)CC(C(=O)O)C1. The van der Waals surface area contributed by atoms with E-state index in [9.17, 15) is 14.7 Å². The number of terminal acetylenes is 1. The summed E-state index contributed by atoms with van der Waals surface area (Å²) in [5.41, 5.74) is 0.820. The van der Waals surface area contributed by atoms with Gasteiger partial charge >= 0.3 is 12.0 Å². The number of nitrogens with zero attached hydrogens (tertiary/aromatic N) is 1. The Morgan fingerprint density at radius 2 is 2.17 bits per heavy atom. The van der Waals surface area contributed by atoms with Gasteiger partial charge in [-0.3, -0.25) is 4.79 Å². The first-order valence-electron chi connectivity index (χ1n) is 7.91. The average Bonchev–Trinajstić information content (AvgIpc) is 2.57. The fraction of sp³-hybridized carbons (Fsp3) is 0.444. The van der Waals surface area contributed by atoms with Crippen LogP contribution >= 0.6 is 0 Å².